The Bertz CT molecular complexity index is 889. The molecule has 152 valence electrons. The average molecular weight is 393 g/mol. The highest BCUT2D eigenvalue weighted by Crippen LogP contribution is 2.39. The second-order valence-electron chi connectivity index (χ2n) is 8.04. The van der Waals surface area contributed by atoms with E-state index < -0.39 is 12.0 Å². The van der Waals surface area contributed by atoms with Crippen LogP contribution in [-0.4, -0.2) is 41.1 Å². The highest BCUT2D eigenvalue weighted by molar-refractivity contribution is 5.98. The minimum absolute atomic E-state index is 0.0193. The van der Waals surface area contributed by atoms with Crippen LogP contribution in [0.15, 0.2) is 48.5 Å². The van der Waals surface area contributed by atoms with Crippen LogP contribution in [0.3, 0.4) is 0 Å². The molecule has 0 radical (unpaired) electrons. The summed E-state index contributed by atoms with van der Waals surface area (Å²) in [6.45, 7) is 0. The molecule has 2 aromatic carbocycles. The van der Waals surface area contributed by atoms with Gasteiger partial charge >= 0.3 is 5.97 Å². The van der Waals surface area contributed by atoms with Crippen molar-refractivity contribution in [1.29, 1.82) is 0 Å². The van der Waals surface area contributed by atoms with Crippen LogP contribution >= 0.6 is 0 Å². The van der Waals surface area contributed by atoms with E-state index in [4.69, 9.17) is 4.74 Å². The number of hydrogen-bond acceptors (Lipinski definition) is 3. The zero-order chi connectivity index (χ0) is 20.4. The van der Waals surface area contributed by atoms with Crippen LogP contribution in [0.25, 0.3) is 11.1 Å². The monoisotopic (exact) mass is 393 g/mol. The van der Waals surface area contributed by atoms with Crippen molar-refractivity contribution in [3.05, 3.63) is 54.1 Å². The van der Waals surface area contributed by atoms with Gasteiger partial charge in [-0.05, 0) is 55.4 Å². The predicted octanol–water partition coefficient (Wildman–Crippen LogP) is 4.61. The Hall–Kier alpha value is -2.82. The smallest absolute Gasteiger partial charge is 0.326 e. The lowest BCUT2D eigenvalue weighted by Crippen LogP contribution is -2.47. The van der Waals surface area contributed by atoms with E-state index in [2.05, 4.69) is 0 Å². The van der Waals surface area contributed by atoms with Crippen LogP contribution in [0.2, 0.25) is 0 Å². The molecule has 5 nitrogen and oxygen atoms in total. The number of carbonyl (C=O) groups excluding carboxylic acids is 1. The van der Waals surface area contributed by atoms with Crippen molar-refractivity contribution in [3.63, 3.8) is 0 Å². The molecule has 2 atom stereocenters. The highest BCUT2D eigenvalue weighted by Gasteiger charge is 2.44. The summed E-state index contributed by atoms with van der Waals surface area (Å²) in [4.78, 5) is 27.0. The van der Waals surface area contributed by atoms with Gasteiger partial charge in [0.2, 0.25) is 0 Å². The predicted molar refractivity (Wildman–Crippen MR) is 111 cm³/mol. The number of rotatable bonds is 5. The standard InChI is InChI=1S/C24H27NO4/c1-29-22-15-18(11-12-19(22)16-7-3-2-4-8-16)23(26)25-20(17-9-5-6-10-17)13-14-21(25)24(27)28/h2-4,7-8,11-12,15,17,20-21H,5-6,9-10,13-14H2,1H3,(H,27,28)/t20-,21+/m1/s1. The number of amides is 1. The number of carboxylic acids is 1. The Morgan fingerprint density at radius 2 is 1.72 bits per heavy atom. The molecule has 29 heavy (non-hydrogen) atoms. The molecule has 4 rings (SSSR count). The molecule has 0 unspecified atom stereocenters. The molecule has 5 heteroatoms. The average Bonchev–Trinajstić information content (AvgIpc) is 3.43. The summed E-state index contributed by atoms with van der Waals surface area (Å²) in [5.74, 6) is -0.0873. The minimum Gasteiger partial charge on any atom is -0.496 e. The molecule has 1 saturated carbocycles. The van der Waals surface area contributed by atoms with Crippen molar-refractivity contribution < 1.29 is 19.4 Å². The van der Waals surface area contributed by atoms with Crippen LogP contribution in [0.5, 0.6) is 5.75 Å². The zero-order valence-electron chi connectivity index (χ0n) is 16.7. The number of carbonyl (C=O) groups is 2. The van der Waals surface area contributed by atoms with Crippen LogP contribution in [0.1, 0.15) is 48.9 Å². The van der Waals surface area contributed by atoms with Gasteiger partial charge in [-0.3, -0.25) is 4.79 Å². The molecule has 2 fully saturated rings. The zero-order valence-corrected chi connectivity index (χ0v) is 16.7. The summed E-state index contributed by atoms with van der Waals surface area (Å²) in [6, 6.07) is 14.6. The van der Waals surface area contributed by atoms with Gasteiger partial charge in [0.15, 0.2) is 0 Å². The van der Waals surface area contributed by atoms with Crippen molar-refractivity contribution in [2.45, 2.75) is 50.6 Å². The Balaban J connectivity index is 1.67. The van der Waals surface area contributed by atoms with Gasteiger partial charge in [0.05, 0.1) is 7.11 Å². The van der Waals surface area contributed by atoms with Gasteiger partial charge in [-0.1, -0.05) is 43.2 Å². The van der Waals surface area contributed by atoms with Crippen molar-refractivity contribution in [2.24, 2.45) is 5.92 Å². The molecule has 1 aliphatic heterocycles. The molecular weight excluding hydrogens is 366 g/mol. The van der Waals surface area contributed by atoms with Crippen molar-refractivity contribution in [3.8, 4) is 16.9 Å². The van der Waals surface area contributed by atoms with Gasteiger partial charge < -0.3 is 14.7 Å². The van der Waals surface area contributed by atoms with E-state index in [-0.39, 0.29) is 11.9 Å². The van der Waals surface area contributed by atoms with Crippen LogP contribution < -0.4 is 4.74 Å². The summed E-state index contributed by atoms with van der Waals surface area (Å²) in [5.41, 5.74) is 2.41. The normalized spacial score (nSPS) is 22.0. The second-order valence-corrected chi connectivity index (χ2v) is 8.04. The largest absolute Gasteiger partial charge is 0.496 e. The first-order valence-electron chi connectivity index (χ1n) is 10.4. The quantitative estimate of drug-likeness (QED) is 0.806. The van der Waals surface area contributed by atoms with Gasteiger partial charge in [0.1, 0.15) is 11.8 Å². The molecule has 0 aromatic heterocycles. The second kappa shape index (κ2) is 8.27. The number of methoxy groups -OCH3 is 1. The summed E-state index contributed by atoms with van der Waals surface area (Å²) < 4.78 is 5.57. The third-order valence-electron chi connectivity index (χ3n) is 6.43. The van der Waals surface area contributed by atoms with E-state index in [1.165, 1.54) is 12.8 Å². The molecule has 2 aromatic rings. The van der Waals surface area contributed by atoms with Crippen LogP contribution in [0.4, 0.5) is 0 Å². The van der Waals surface area contributed by atoms with E-state index in [1.807, 2.05) is 36.4 Å². The number of likely N-dealkylation sites (tertiary alicyclic amines) is 1. The van der Waals surface area contributed by atoms with Crippen LogP contribution in [0, 0.1) is 5.92 Å². The summed E-state index contributed by atoms with van der Waals surface area (Å²) in [7, 11) is 1.59. The fraction of sp³-hybridized carbons (Fsp3) is 0.417. The molecular formula is C24H27NO4. The number of hydrogen-bond donors (Lipinski definition) is 1. The fourth-order valence-corrected chi connectivity index (χ4v) is 5.01. The third-order valence-corrected chi connectivity index (χ3v) is 6.43. The van der Waals surface area contributed by atoms with E-state index in [0.29, 0.717) is 23.7 Å². The van der Waals surface area contributed by atoms with Gasteiger partial charge in [0.25, 0.3) is 5.91 Å². The summed E-state index contributed by atoms with van der Waals surface area (Å²) >= 11 is 0. The minimum atomic E-state index is -0.910. The maximum Gasteiger partial charge on any atom is 0.326 e. The molecule has 1 heterocycles. The maximum atomic E-state index is 13.5. The topological polar surface area (TPSA) is 66.8 Å². The number of aliphatic carboxylic acids is 1. The Labute approximate surface area is 171 Å². The number of nitrogens with zero attached hydrogens (tertiary/aromatic N) is 1. The molecule has 0 spiro atoms. The third kappa shape index (κ3) is 3.74. The van der Waals surface area contributed by atoms with E-state index >= 15 is 0 Å². The summed E-state index contributed by atoms with van der Waals surface area (Å²) in [5, 5.41) is 9.72. The first-order valence-corrected chi connectivity index (χ1v) is 10.4. The van der Waals surface area contributed by atoms with Crippen molar-refractivity contribution >= 4 is 11.9 Å². The van der Waals surface area contributed by atoms with Gasteiger partial charge in [-0.15, -0.1) is 0 Å². The fourth-order valence-electron chi connectivity index (χ4n) is 5.01. The van der Waals surface area contributed by atoms with Crippen LogP contribution in [-0.2, 0) is 4.79 Å². The number of benzene rings is 2. The number of carboxylic acid groups (broad SMARTS) is 1. The molecule has 1 aliphatic carbocycles. The lowest BCUT2D eigenvalue weighted by Gasteiger charge is -2.32. The Kier molecular flexibility index (Phi) is 5.56. The lowest BCUT2D eigenvalue weighted by molar-refractivity contribution is -0.141. The van der Waals surface area contributed by atoms with Crippen molar-refractivity contribution in [2.75, 3.05) is 7.11 Å². The van der Waals surface area contributed by atoms with E-state index in [0.717, 1.165) is 30.4 Å². The highest BCUT2D eigenvalue weighted by atomic mass is 16.5. The Morgan fingerprint density at radius 1 is 1.00 bits per heavy atom. The lowest BCUT2D eigenvalue weighted by atomic mass is 9.95. The summed E-state index contributed by atoms with van der Waals surface area (Å²) in [6.07, 6.45) is 5.79. The molecule has 1 saturated heterocycles. The number of ether oxygens (including phenoxy) is 1. The SMILES string of the molecule is COc1cc(C(=O)N2[C@@H](C3CCCC3)CC[C@H]2C(=O)O)ccc1-c1ccccc1. The Morgan fingerprint density at radius 3 is 2.38 bits per heavy atom. The van der Waals surface area contributed by atoms with Gasteiger partial charge in [-0.2, -0.15) is 0 Å². The molecule has 1 N–H and O–H groups in total. The van der Waals surface area contributed by atoms with E-state index in [1.54, 1.807) is 24.1 Å². The van der Waals surface area contributed by atoms with Gasteiger partial charge in [0, 0.05) is 17.2 Å². The molecule has 2 aliphatic rings. The first kappa shape index (κ1) is 19.5. The van der Waals surface area contributed by atoms with Crippen molar-refractivity contribution in [1.82, 2.24) is 4.90 Å². The first-order chi connectivity index (χ1) is 14.1. The van der Waals surface area contributed by atoms with Gasteiger partial charge in [-0.25, -0.2) is 4.79 Å². The maximum absolute atomic E-state index is 13.5. The molecule has 1 amide bonds. The molecule has 0 bridgehead atoms. The van der Waals surface area contributed by atoms with E-state index in [9.17, 15) is 14.7 Å².